The number of aliphatic hydroxyl groups is 1. The minimum absolute atomic E-state index is 0.404. The number of aliphatic hydroxyl groups excluding tert-OH is 1. The van der Waals surface area contributed by atoms with Crippen molar-refractivity contribution in [3.8, 4) is 0 Å². The number of imidazole rings is 1. The summed E-state index contributed by atoms with van der Waals surface area (Å²) >= 11 is 6.14. The number of rotatable bonds is 3. The van der Waals surface area contributed by atoms with E-state index in [1.165, 1.54) is 0 Å². The molecule has 17 heavy (non-hydrogen) atoms. The lowest BCUT2D eigenvalue weighted by atomic mass is 10.2. The number of nitrogens with zero attached hydrogens (tertiary/aromatic N) is 4. The third kappa shape index (κ3) is 2.21. The smallest absolute Gasteiger partial charge is 0.137 e. The number of aryl methyl sites for hydroxylation is 3. The van der Waals surface area contributed by atoms with Gasteiger partial charge in [0.05, 0.1) is 16.4 Å². The zero-order valence-corrected chi connectivity index (χ0v) is 10.8. The molecule has 0 saturated heterocycles. The van der Waals surface area contributed by atoms with Crippen molar-refractivity contribution >= 4 is 11.6 Å². The molecular weight excluding hydrogens is 240 g/mol. The third-order valence-corrected chi connectivity index (χ3v) is 3.30. The van der Waals surface area contributed by atoms with Crippen LogP contribution >= 0.6 is 11.6 Å². The highest BCUT2D eigenvalue weighted by Gasteiger charge is 2.19. The van der Waals surface area contributed by atoms with Gasteiger partial charge in [0.15, 0.2) is 0 Å². The molecule has 0 spiro atoms. The van der Waals surface area contributed by atoms with Crippen LogP contribution < -0.4 is 0 Å². The van der Waals surface area contributed by atoms with Crippen molar-refractivity contribution in [1.82, 2.24) is 19.3 Å². The van der Waals surface area contributed by atoms with E-state index in [0.717, 1.165) is 11.4 Å². The highest BCUT2D eigenvalue weighted by molar-refractivity contribution is 6.31. The maximum atomic E-state index is 10.1. The summed E-state index contributed by atoms with van der Waals surface area (Å²) in [5, 5.41) is 14.9. The molecule has 0 amide bonds. The molecule has 5 nitrogen and oxygen atoms in total. The van der Waals surface area contributed by atoms with E-state index < -0.39 is 6.10 Å². The van der Waals surface area contributed by atoms with Gasteiger partial charge in [-0.25, -0.2) is 4.98 Å². The molecule has 0 aliphatic carbocycles. The Kier molecular flexibility index (Phi) is 3.22. The molecule has 2 heterocycles. The lowest BCUT2D eigenvalue weighted by Crippen LogP contribution is -2.11. The Morgan fingerprint density at radius 2 is 2.18 bits per heavy atom. The molecule has 0 aliphatic heterocycles. The summed E-state index contributed by atoms with van der Waals surface area (Å²) in [5.74, 6) is 0.625. The number of hydrogen-bond donors (Lipinski definition) is 1. The van der Waals surface area contributed by atoms with Crippen molar-refractivity contribution in [3.63, 3.8) is 0 Å². The normalized spacial score (nSPS) is 13.0. The maximum absolute atomic E-state index is 10.1. The Morgan fingerprint density at radius 3 is 2.65 bits per heavy atom. The summed E-state index contributed by atoms with van der Waals surface area (Å²) in [5.41, 5.74) is 1.59. The first-order chi connectivity index (χ1) is 8.00. The van der Waals surface area contributed by atoms with Crippen LogP contribution in [0.3, 0.4) is 0 Å². The van der Waals surface area contributed by atoms with E-state index in [2.05, 4.69) is 10.1 Å². The van der Waals surface area contributed by atoms with Crippen LogP contribution in [0.4, 0.5) is 0 Å². The van der Waals surface area contributed by atoms with Gasteiger partial charge in [-0.15, -0.1) is 0 Å². The summed E-state index contributed by atoms with van der Waals surface area (Å²) in [7, 11) is 3.67. The second kappa shape index (κ2) is 4.50. The molecule has 0 bridgehead atoms. The second-order valence-electron chi connectivity index (χ2n) is 4.09. The highest BCUT2D eigenvalue weighted by Crippen LogP contribution is 2.24. The molecule has 0 aliphatic rings. The van der Waals surface area contributed by atoms with E-state index in [1.54, 1.807) is 21.6 Å². The largest absolute Gasteiger partial charge is 0.385 e. The Balaban J connectivity index is 2.24. The first-order valence-corrected chi connectivity index (χ1v) is 5.71. The molecular formula is C11H15ClN4O. The van der Waals surface area contributed by atoms with Crippen LogP contribution in [-0.4, -0.2) is 24.4 Å². The molecule has 1 N–H and O–H groups in total. The lowest BCUT2D eigenvalue weighted by molar-refractivity contribution is 0.162. The molecule has 1 atom stereocenters. The average molecular weight is 255 g/mol. The predicted molar refractivity (Wildman–Crippen MR) is 64.8 cm³/mol. The Hall–Kier alpha value is -1.33. The van der Waals surface area contributed by atoms with Crippen molar-refractivity contribution < 1.29 is 5.11 Å². The minimum atomic E-state index is -0.678. The molecule has 0 saturated carbocycles. The van der Waals surface area contributed by atoms with Gasteiger partial charge in [-0.1, -0.05) is 11.6 Å². The van der Waals surface area contributed by atoms with Crippen LogP contribution in [0.15, 0.2) is 12.4 Å². The van der Waals surface area contributed by atoms with E-state index in [-0.39, 0.29) is 0 Å². The number of halogens is 1. The number of aromatic nitrogens is 4. The molecule has 1 unspecified atom stereocenters. The molecule has 92 valence electrons. The van der Waals surface area contributed by atoms with E-state index in [1.807, 2.05) is 21.0 Å². The Bertz CT molecular complexity index is 532. The van der Waals surface area contributed by atoms with Gasteiger partial charge in [0.1, 0.15) is 11.9 Å². The topological polar surface area (TPSA) is 55.9 Å². The summed E-state index contributed by atoms with van der Waals surface area (Å²) < 4.78 is 3.49. The Morgan fingerprint density at radius 1 is 1.47 bits per heavy atom. The van der Waals surface area contributed by atoms with Crippen LogP contribution in [-0.2, 0) is 20.5 Å². The minimum Gasteiger partial charge on any atom is -0.385 e. The maximum Gasteiger partial charge on any atom is 0.137 e. The number of hydrogen-bond acceptors (Lipinski definition) is 3. The fourth-order valence-electron chi connectivity index (χ4n) is 1.87. The SMILES string of the molecule is Cc1nn(C)c(CC(O)c2nccn2C)c1Cl. The van der Waals surface area contributed by atoms with Crippen LogP contribution in [0.5, 0.6) is 0 Å². The molecule has 2 aromatic heterocycles. The standard InChI is InChI=1S/C11H15ClN4O/c1-7-10(12)8(16(3)14-7)6-9(17)11-13-4-5-15(11)2/h4-5,9,17H,6H2,1-3H3. The van der Waals surface area contributed by atoms with Gasteiger partial charge in [0, 0.05) is 32.9 Å². The first-order valence-electron chi connectivity index (χ1n) is 5.34. The van der Waals surface area contributed by atoms with Crippen LogP contribution in [0.1, 0.15) is 23.3 Å². The van der Waals surface area contributed by atoms with Gasteiger partial charge < -0.3 is 9.67 Å². The quantitative estimate of drug-likeness (QED) is 0.901. The van der Waals surface area contributed by atoms with Gasteiger partial charge in [0.25, 0.3) is 0 Å². The lowest BCUT2D eigenvalue weighted by Gasteiger charge is -2.11. The van der Waals surface area contributed by atoms with Crippen LogP contribution in [0.25, 0.3) is 0 Å². The van der Waals surface area contributed by atoms with Crippen molar-refractivity contribution in [2.45, 2.75) is 19.4 Å². The summed E-state index contributed by atoms with van der Waals surface area (Å²) in [4.78, 5) is 4.12. The van der Waals surface area contributed by atoms with Crippen molar-refractivity contribution in [3.05, 3.63) is 34.6 Å². The monoisotopic (exact) mass is 254 g/mol. The van der Waals surface area contributed by atoms with Crippen LogP contribution in [0, 0.1) is 6.92 Å². The highest BCUT2D eigenvalue weighted by atomic mass is 35.5. The molecule has 0 aromatic carbocycles. The zero-order chi connectivity index (χ0) is 12.6. The summed E-state index contributed by atoms with van der Waals surface area (Å²) in [6, 6.07) is 0. The third-order valence-electron chi connectivity index (χ3n) is 2.80. The molecule has 2 rings (SSSR count). The van der Waals surface area contributed by atoms with Gasteiger partial charge >= 0.3 is 0 Å². The molecule has 0 fully saturated rings. The zero-order valence-electron chi connectivity index (χ0n) is 10.1. The van der Waals surface area contributed by atoms with E-state index in [4.69, 9.17) is 11.6 Å². The summed E-state index contributed by atoms with van der Waals surface area (Å²) in [6.45, 7) is 1.85. The second-order valence-corrected chi connectivity index (χ2v) is 4.46. The van der Waals surface area contributed by atoms with Crippen molar-refractivity contribution in [2.24, 2.45) is 14.1 Å². The van der Waals surface area contributed by atoms with Gasteiger partial charge in [-0.05, 0) is 6.92 Å². The molecule has 0 radical (unpaired) electrons. The van der Waals surface area contributed by atoms with Gasteiger partial charge in [-0.2, -0.15) is 5.10 Å². The summed E-state index contributed by atoms with van der Waals surface area (Å²) in [6.07, 6.45) is 3.19. The van der Waals surface area contributed by atoms with E-state index >= 15 is 0 Å². The van der Waals surface area contributed by atoms with E-state index in [9.17, 15) is 5.11 Å². The molecule has 6 heteroatoms. The average Bonchev–Trinajstić information content (AvgIpc) is 2.78. The fraction of sp³-hybridized carbons (Fsp3) is 0.455. The van der Waals surface area contributed by atoms with Crippen molar-refractivity contribution in [2.75, 3.05) is 0 Å². The van der Waals surface area contributed by atoms with Gasteiger partial charge in [0.2, 0.25) is 0 Å². The van der Waals surface area contributed by atoms with E-state index in [0.29, 0.717) is 17.3 Å². The van der Waals surface area contributed by atoms with Crippen LogP contribution in [0.2, 0.25) is 5.02 Å². The molecule has 2 aromatic rings. The fourth-order valence-corrected chi connectivity index (χ4v) is 2.11. The van der Waals surface area contributed by atoms with Gasteiger partial charge in [-0.3, -0.25) is 4.68 Å². The van der Waals surface area contributed by atoms with Crippen molar-refractivity contribution in [1.29, 1.82) is 0 Å². The predicted octanol–water partition coefficient (Wildman–Crippen LogP) is 1.39. The Labute approximate surface area is 105 Å². The first kappa shape index (κ1) is 12.1.